The highest BCUT2D eigenvalue weighted by Crippen LogP contribution is 2.27. The normalized spacial score (nSPS) is 21.2. The van der Waals surface area contributed by atoms with Gasteiger partial charge in [0.05, 0.1) is 11.4 Å². The third kappa shape index (κ3) is 5.72. The van der Waals surface area contributed by atoms with Crippen molar-refractivity contribution >= 4 is 28.7 Å². The van der Waals surface area contributed by atoms with Crippen molar-refractivity contribution in [1.29, 1.82) is 0 Å². The van der Waals surface area contributed by atoms with Crippen molar-refractivity contribution in [2.45, 2.75) is 46.1 Å². The number of rotatable bonds is 6. The summed E-state index contributed by atoms with van der Waals surface area (Å²) in [6.07, 6.45) is 6.16. The fraction of sp³-hybridized carbons (Fsp3) is 0.636. The molecule has 2 unspecified atom stereocenters. The summed E-state index contributed by atoms with van der Waals surface area (Å²) in [4.78, 5) is 40.5. The second kappa shape index (κ2) is 10.6. The molecule has 0 aliphatic carbocycles. The van der Waals surface area contributed by atoms with Crippen molar-refractivity contribution < 1.29 is 9.59 Å². The summed E-state index contributed by atoms with van der Waals surface area (Å²) in [6.45, 7) is 11.6. The molecule has 0 aromatic carbocycles. The van der Waals surface area contributed by atoms with Gasteiger partial charge in [0.15, 0.2) is 0 Å². The number of fused-ring (bicyclic) bond motifs is 1. The standard InChI is InChI=1S/C14H19N5O.C8H16N2O/c1-3-19(10(2)20)11-5-7-18(8-11)14-12-4-6-15-13(12)16-9-17-14;1-2-10-4-3-7(6-10)5-8(9)11/h4,6,9,11H,3,5,7-8H2,1-2H3,(H,15,16,17);7H,2-6H2,1H3,(H2,9,11). The van der Waals surface area contributed by atoms with E-state index in [2.05, 4.69) is 31.7 Å². The zero-order chi connectivity index (χ0) is 22.4. The number of hydrogen-bond acceptors (Lipinski definition) is 6. The SMILES string of the molecule is CCN(C(C)=O)C1CCN(c2ncnc3[nH]ccc23)C1.CCN1CCC(CC(N)=O)C1. The highest BCUT2D eigenvalue weighted by atomic mass is 16.2. The van der Waals surface area contributed by atoms with Gasteiger partial charge in [-0.3, -0.25) is 9.59 Å². The molecule has 31 heavy (non-hydrogen) atoms. The van der Waals surface area contributed by atoms with E-state index < -0.39 is 0 Å². The first-order chi connectivity index (χ1) is 14.9. The van der Waals surface area contributed by atoms with E-state index in [0.717, 1.165) is 69.0 Å². The van der Waals surface area contributed by atoms with Crippen LogP contribution in [0.2, 0.25) is 0 Å². The van der Waals surface area contributed by atoms with Crippen molar-refractivity contribution in [3.63, 3.8) is 0 Å². The number of aromatic nitrogens is 3. The molecule has 2 saturated heterocycles. The zero-order valence-corrected chi connectivity index (χ0v) is 18.9. The average Bonchev–Trinajstić information content (AvgIpc) is 3.48. The molecule has 4 rings (SSSR count). The van der Waals surface area contributed by atoms with Gasteiger partial charge in [0.2, 0.25) is 11.8 Å². The lowest BCUT2D eigenvalue weighted by atomic mass is 10.1. The summed E-state index contributed by atoms with van der Waals surface area (Å²) in [7, 11) is 0. The minimum absolute atomic E-state index is 0.147. The van der Waals surface area contributed by atoms with E-state index in [1.54, 1.807) is 13.3 Å². The lowest BCUT2D eigenvalue weighted by Gasteiger charge is -2.27. The molecule has 2 atom stereocenters. The van der Waals surface area contributed by atoms with E-state index in [1.807, 2.05) is 24.1 Å². The first-order valence-electron chi connectivity index (χ1n) is 11.2. The number of amides is 2. The predicted octanol–water partition coefficient (Wildman–Crippen LogP) is 1.61. The lowest BCUT2D eigenvalue weighted by Crippen LogP contribution is -2.40. The maximum Gasteiger partial charge on any atom is 0.219 e. The van der Waals surface area contributed by atoms with E-state index in [4.69, 9.17) is 5.73 Å². The van der Waals surface area contributed by atoms with Gasteiger partial charge in [-0.15, -0.1) is 0 Å². The van der Waals surface area contributed by atoms with Gasteiger partial charge in [0.1, 0.15) is 17.8 Å². The Balaban J connectivity index is 0.000000210. The van der Waals surface area contributed by atoms with Gasteiger partial charge in [-0.2, -0.15) is 0 Å². The molecule has 2 aromatic heterocycles. The largest absolute Gasteiger partial charge is 0.370 e. The average molecular weight is 430 g/mol. The Kier molecular flexibility index (Phi) is 7.84. The molecule has 0 bridgehead atoms. The number of aromatic amines is 1. The number of primary amides is 1. The smallest absolute Gasteiger partial charge is 0.219 e. The van der Waals surface area contributed by atoms with Crippen LogP contribution in [0.15, 0.2) is 18.6 Å². The molecule has 0 saturated carbocycles. The zero-order valence-electron chi connectivity index (χ0n) is 18.9. The summed E-state index contributed by atoms with van der Waals surface area (Å²) in [5, 5.41) is 1.04. The Morgan fingerprint density at radius 2 is 2.03 bits per heavy atom. The van der Waals surface area contributed by atoms with Crippen molar-refractivity contribution in [2.24, 2.45) is 11.7 Å². The van der Waals surface area contributed by atoms with Crippen LogP contribution in [0.25, 0.3) is 11.0 Å². The summed E-state index contributed by atoms with van der Waals surface area (Å²) < 4.78 is 0. The molecule has 3 N–H and O–H groups in total. The van der Waals surface area contributed by atoms with Crippen LogP contribution in [0.5, 0.6) is 0 Å². The maximum atomic E-state index is 11.7. The van der Waals surface area contributed by atoms with E-state index in [9.17, 15) is 9.59 Å². The van der Waals surface area contributed by atoms with Crippen LogP contribution in [0.4, 0.5) is 5.82 Å². The lowest BCUT2D eigenvalue weighted by molar-refractivity contribution is -0.130. The Labute approximate surface area is 184 Å². The van der Waals surface area contributed by atoms with Gasteiger partial charge in [-0.1, -0.05) is 6.92 Å². The molecule has 2 fully saturated rings. The number of carbonyl (C=O) groups is 2. The number of carbonyl (C=O) groups excluding carboxylic acids is 2. The summed E-state index contributed by atoms with van der Waals surface area (Å²) in [5.74, 6) is 1.47. The molecule has 9 heteroatoms. The van der Waals surface area contributed by atoms with E-state index in [-0.39, 0.29) is 17.9 Å². The fourth-order valence-electron chi connectivity index (χ4n) is 4.69. The second-order valence-corrected chi connectivity index (χ2v) is 8.35. The highest BCUT2D eigenvalue weighted by Gasteiger charge is 2.30. The Morgan fingerprint density at radius 1 is 1.23 bits per heavy atom. The van der Waals surface area contributed by atoms with Crippen molar-refractivity contribution in [1.82, 2.24) is 24.8 Å². The molecule has 170 valence electrons. The molecule has 2 amide bonds. The first-order valence-corrected chi connectivity index (χ1v) is 11.2. The van der Waals surface area contributed by atoms with Crippen LogP contribution >= 0.6 is 0 Å². The Morgan fingerprint density at radius 3 is 2.68 bits per heavy atom. The Hall–Kier alpha value is -2.68. The monoisotopic (exact) mass is 429 g/mol. The van der Waals surface area contributed by atoms with Crippen molar-refractivity contribution in [3.05, 3.63) is 18.6 Å². The molecule has 0 radical (unpaired) electrons. The van der Waals surface area contributed by atoms with Crippen LogP contribution in [0.1, 0.15) is 40.0 Å². The van der Waals surface area contributed by atoms with Crippen LogP contribution in [0, 0.1) is 5.92 Å². The number of anilines is 1. The highest BCUT2D eigenvalue weighted by molar-refractivity contribution is 5.87. The van der Waals surface area contributed by atoms with Gasteiger partial charge in [0, 0.05) is 45.7 Å². The van der Waals surface area contributed by atoms with Gasteiger partial charge in [0.25, 0.3) is 0 Å². The Bertz CT molecular complexity index is 884. The second-order valence-electron chi connectivity index (χ2n) is 8.35. The number of nitrogens with one attached hydrogen (secondary N) is 1. The molecule has 9 nitrogen and oxygen atoms in total. The summed E-state index contributed by atoms with van der Waals surface area (Å²) >= 11 is 0. The quantitative estimate of drug-likeness (QED) is 0.722. The predicted molar refractivity (Wildman–Crippen MR) is 122 cm³/mol. The van der Waals surface area contributed by atoms with Crippen molar-refractivity contribution in [3.8, 4) is 0 Å². The van der Waals surface area contributed by atoms with Crippen LogP contribution in [-0.2, 0) is 9.59 Å². The number of likely N-dealkylation sites (N-methyl/N-ethyl adjacent to an activating group) is 1. The number of nitrogens with zero attached hydrogens (tertiary/aromatic N) is 5. The topological polar surface area (TPSA) is 111 Å². The molecule has 2 aliphatic heterocycles. The molecular weight excluding hydrogens is 394 g/mol. The van der Waals surface area contributed by atoms with Crippen LogP contribution < -0.4 is 10.6 Å². The summed E-state index contributed by atoms with van der Waals surface area (Å²) in [5.41, 5.74) is 5.96. The third-order valence-electron chi connectivity index (χ3n) is 6.29. The first kappa shape index (κ1) is 23.0. The van der Waals surface area contributed by atoms with Gasteiger partial charge >= 0.3 is 0 Å². The molecular formula is C22H35N7O2. The number of hydrogen-bond donors (Lipinski definition) is 2. The summed E-state index contributed by atoms with van der Waals surface area (Å²) in [6, 6.07) is 2.28. The number of H-pyrrole nitrogens is 1. The molecule has 2 aromatic rings. The van der Waals surface area contributed by atoms with Crippen LogP contribution in [0.3, 0.4) is 0 Å². The van der Waals surface area contributed by atoms with E-state index >= 15 is 0 Å². The molecule has 0 spiro atoms. The third-order valence-corrected chi connectivity index (χ3v) is 6.29. The molecule has 2 aliphatic rings. The van der Waals surface area contributed by atoms with E-state index in [1.165, 1.54) is 0 Å². The van der Waals surface area contributed by atoms with Crippen molar-refractivity contribution in [2.75, 3.05) is 44.2 Å². The minimum Gasteiger partial charge on any atom is -0.370 e. The van der Waals surface area contributed by atoms with Gasteiger partial charge < -0.3 is 25.4 Å². The molecule has 4 heterocycles. The fourth-order valence-corrected chi connectivity index (χ4v) is 4.69. The number of nitrogens with two attached hydrogens (primary N) is 1. The maximum absolute atomic E-state index is 11.7. The number of likely N-dealkylation sites (tertiary alicyclic amines) is 1. The van der Waals surface area contributed by atoms with Gasteiger partial charge in [-0.05, 0) is 44.8 Å². The van der Waals surface area contributed by atoms with Crippen LogP contribution in [-0.4, -0.2) is 81.9 Å². The van der Waals surface area contributed by atoms with Gasteiger partial charge in [-0.25, -0.2) is 9.97 Å². The minimum atomic E-state index is -0.159. The van der Waals surface area contributed by atoms with E-state index in [0.29, 0.717) is 12.3 Å².